The molecule has 2 aliphatic heterocycles. The fourth-order valence-corrected chi connectivity index (χ4v) is 4.49. The molecule has 152 valence electrons. The van der Waals surface area contributed by atoms with E-state index in [2.05, 4.69) is 15.3 Å². The van der Waals surface area contributed by atoms with Gasteiger partial charge in [0.05, 0.1) is 18.0 Å². The molecule has 1 aromatic heterocycles. The van der Waals surface area contributed by atoms with Crippen molar-refractivity contribution in [2.75, 3.05) is 12.8 Å². The van der Waals surface area contributed by atoms with Crippen LogP contribution < -0.4 is 11.1 Å². The van der Waals surface area contributed by atoms with E-state index in [1.54, 1.807) is 0 Å². The van der Waals surface area contributed by atoms with Gasteiger partial charge in [0.1, 0.15) is 5.82 Å². The maximum atomic E-state index is 14.1. The third-order valence-corrected chi connectivity index (χ3v) is 6.23. The van der Waals surface area contributed by atoms with Crippen molar-refractivity contribution in [3.8, 4) is 0 Å². The largest absolute Gasteiger partial charge is 0.326 e. The van der Waals surface area contributed by atoms with Crippen LogP contribution >= 0.6 is 0 Å². The van der Waals surface area contributed by atoms with Crippen LogP contribution in [0.2, 0.25) is 0 Å². The Morgan fingerprint density at radius 3 is 2.54 bits per heavy atom. The lowest BCUT2D eigenvalue weighted by Gasteiger charge is -2.39. The molecule has 0 radical (unpaired) electrons. The van der Waals surface area contributed by atoms with Crippen LogP contribution in [0.5, 0.6) is 0 Å². The summed E-state index contributed by atoms with van der Waals surface area (Å²) in [7, 11) is -3.42. The standard InChI is InChI=1S/C17H20F3N5O2S/c1-28(26,27)25-7-9-6-24(8-16(9)23-25)10-2-15(21)17(22-5-10)11-3-13(19)14(20)4-12(11)18/h3-4,7,10,15,17,22H,2,5-6,8,21H2,1H3/t10?,15?,17-/m1/s1. The molecule has 2 aliphatic rings. The Labute approximate surface area is 160 Å². The van der Waals surface area contributed by atoms with Crippen LogP contribution in [0.15, 0.2) is 18.3 Å². The molecule has 7 nitrogen and oxygen atoms in total. The Bertz CT molecular complexity index is 1000. The van der Waals surface area contributed by atoms with Crippen molar-refractivity contribution in [3.05, 3.63) is 52.6 Å². The van der Waals surface area contributed by atoms with Crippen LogP contribution in [-0.2, 0) is 23.1 Å². The molecule has 0 bridgehead atoms. The van der Waals surface area contributed by atoms with Crippen molar-refractivity contribution in [2.24, 2.45) is 5.73 Å². The summed E-state index contributed by atoms with van der Waals surface area (Å²) in [5.74, 6) is -3.18. The quantitative estimate of drug-likeness (QED) is 0.723. The first-order valence-corrected chi connectivity index (χ1v) is 10.6. The average Bonchev–Trinajstić information content (AvgIpc) is 3.17. The molecule has 1 aromatic carbocycles. The number of rotatable bonds is 3. The van der Waals surface area contributed by atoms with Gasteiger partial charge in [-0.2, -0.15) is 9.19 Å². The van der Waals surface area contributed by atoms with Crippen molar-refractivity contribution < 1.29 is 21.6 Å². The number of nitrogens with two attached hydrogens (primary N) is 1. The highest BCUT2D eigenvalue weighted by atomic mass is 32.2. The summed E-state index contributed by atoms with van der Waals surface area (Å²) in [5.41, 5.74) is 7.77. The summed E-state index contributed by atoms with van der Waals surface area (Å²) in [6.45, 7) is 1.50. The lowest BCUT2D eigenvalue weighted by Crippen LogP contribution is -2.54. The fraction of sp³-hybridized carbons (Fsp3) is 0.471. The molecule has 0 spiro atoms. The Morgan fingerprint density at radius 1 is 1.18 bits per heavy atom. The van der Waals surface area contributed by atoms with Gasteiger partial charge >= 0.3 is 0 Å². The van der Waals surface area contributed by atoms with E-state index < -0.39 is 39.6 Å². The van der Waals surface area contributed by atoms with Gasteiger partial charge < -0.3 is 11.1 Å². The Morgan fingerprint density at radius 2 is 1.89 bits per heavy atom. The van der Waals surface area contributed by atoms with Crippen LogP contribution in [0.25, 0.3) is 0 Å². The van der Waals surface area contributed by atoms with E-state index in [0.717, 1.165) is 22.0 Å². The minimum atomic E-state index is -3.42. The lowest BCUT2D eigenvalue weighted by atomic mass is 9.89. The first-order chi connectivity index (χ1) is 13.1. The van der Waals surface area contributed by atoms with Gasteiger partial charge in [-0.1, -0.05) is 0 Å². The molecule has 11 heteroatoms. The van der Waals surface area contributed by atoms with Gasteiger partial charge in [-0.05, 0) is 12.5 Å². The van der Waals surface area contributed by atoms with Crippen LogP contribution in [0.1, 0.15) is 29.3 Å². The zero-order chi connectivity index (χ0) is 20.2. The summed E-state index contributed by atoms with van der Waals surface area (Å²) in [5, 5.41) is 7.26. The van der Waals surface area contributed by atoms with Crippen LogP contribution in [-0.4, -0.2) is 47.4 Å². The molecule has 0 amide bonds. The highest BCUT2D eigenvalue weighted by Crippen LogP contribution is 2.31. The smallest absolute Gasteiger partial charge is 0.250 e. The Kier molecular flexibility index (Phi) is 4.73. The molecule has 1 saturated heterocycles. The predicted octanol–water partition coefficient (Wildman–Crippen LogP) is 0.854. The van der Waals surface area contributed by atoms with Crippen LogP contribution in [0.3, 0.4) is 0 Å². The molecule has 3 atom stereocenters. The van der Waals surface area contributed by atoms with Gasteiger partial charge in [0, 0.05) is 55.1 Å². The number of hydrogen-bond donors (Lipinski definition) is 2. The number of halogens is 3. The molecule has 0 saturated carbocycles. The Balaban J connectivity index is 1.45. The van der Waals surface area contributed by atoms with E-state index in [1.807, 2.05) is 0 Å². The molecule has 3 N–H and O–H groups in total. The molecule has 1 fully saturated rings. The number of nitrogens with zero attached hydrogens (tertiary/aromatic N) is 3. The second-order valence-electron chi connectivity index (χ2n) is 7.37. The monoisotopic (exact) mass is 415 g/mol. The van der Waals surface area contributed by atoms with Crippen molar-refractivity contribution in [1.82, 2.24) is 19.4 Å². The van der Waals surface area contributed by atoms with Gasteiger partial charge in [-0.3, -0.25) is 4.90 Å². The van der Waals surface area contributed by atoms with Crippen molar-refractivity contribution in [3.63, 3.8) is 0 Å². The van der Waals surface area contributed by atoms with E-state index in [4.69, 9.17) is 5.73 Å². The van der Waals surface area contributed by atoms with Crippen molar-refractivity contribution in [1.29, 1.82) is 0 Å². The van der Waals surface area contributed by atoms with E-state index in [1.165, 1.54) is 6.20 Å². The molecule has 4 rings (SSSR count). The Hall–Kier alpha value is -1.95. The van der Waals surface area contributed by atoms with E-state index in [9.17, 15) is 21.6 Å². The van der Waals surface area contributed by atoms with E-state index >= 15 is 0 Å². The molecular weight excluding hydrogens is 395 g/mol. The third-order valence-electron chi connectivity index (χ3n) is 5.36. The number of fused-ring (bicyclic) bond motifs is 1. The van der Waals surface area contributed by atoms with Gasteiger partial charge in [-0.25, -0.2) is 21.6 Å². The highest BCUT2D eigenvalue weighted by Gasteiger charge is 2.36. The first kappa shape index (κ1) is 19.4. The molecule has 3 heterocycles. The second-order valence-corrected chi connectivity index (χ2v) is 9.21. The van der Waals surface area contributed by atoms with Crippen LogP contribution in [0, 0.1) is 17.5 Å². The number of hydrogen-bond acceptors (Lipinski definition) is 6. The second kappa shape index (κ2) is 6.83. The van der Waals surface area contributed by atoms with Crippen molar-refractivity contribution in [2.45, 2.75) is 37.6 Å². The average molecular weight is 415 g/mol. The number of benzene rings is 1. The molecule has 2 aromatic rings. The topological polar surface area (TPSA) is 93.2 Å². The summed E-state index contributed by atoms with van der Waals surface area (Å²) in [6.07, 6.45) is 3.13. The molecule has 0 aliphatic carbocycles. The van der Waals surface area contributed by atoms with Gasteiger partial charge in [0.2, 0.25) is 0 Å². The van der Waals surface area contributed by atoms with Crippen LogP contribution in [0.4, 0.5) is 13.2 Å². The molecule has 28 heavy (non-hydrogen) atoms. The van der Waals surface area contributed by atoms with Gasteiger partial charge in [-0.15, -0.1) is 0 Å². The van der Waals surface area contributed by atoms with Crippen molar-refractivity contribution >= 4 is 10.0 Å². The first-order valence-electron chi connectivity index (χ1n) is 8.79. The number of aromatic nitrogens is 2. The van der Waals surface area contributed by atoms with Gasteiger partial charge in [0.15, 0.2) is 11.6 Å². The minimum absolute atomic E-state index is 0.0130. The van der Waals surface area contributed by atoms with E-state index in [-0.39, 0.29) is 11.6 Å². The summed E-state index contributed by atoms with van der Waals surface area (Å²) < 4.78 is 64.9. The lowest BCUT2D eigenvalue weighted by molar-refractivity contribution is 0.137. The predicted molar refractivity (Wildman–Crippen MR) is 95.2 cm³/mol. The minimum Gasteiger partial charge on any atom is -0.326 e. The third kappa shape index (κ3) is 3.43. The summed E-state index contributed by atoms with van der Waals surface area (Å²) >= 11 is 0. The molecule has 2 unspecified atom stereocenters. The highest BCUT2D eigenvalue weighted by molar-refractivity contribution is 7.89. The van der Waals surface area contributed by atoms with E-state index in [0.29, 0.717) is 37.8 Å². The number of piperidine rings is 1. The zero-order valence-corrected chi connectivity index (χ0v) is 15.9. The van der Waals surface area contributed by atoms with Gasteiger partial charge in [0.25, 0.3) is 10.0 Å². The molecular formula is C17H20F3N5O2S. The normalized spacial score (nSPS) is 25.8. The summed E-state index contributed by atoms with van der Waals surface area (Å²) in [4.78, 5) is 2.12. The number of nitrogens with one attached hydrogen (secondary N) is 1. The SMILES string of the molecule is CS(=O)(=O)n1cc2c(n1)CN(C1CN[C@H](c3cc(F)c(F)cc3F)C(N)C1)C2. The summed E-state index contributed by atoms with van der Waals surface area (Å²) in [6, 6.07) is 0.292. The maximum absolute atomic E-state index is 14.1. The fourth-order valence-electron chi connectivity index (χ4n) is 3.92. The zero-order valence-electron chi connectivity index (χ0n) is 15.1. The maximum Gasteiger partial charge on any atom is 0.250 e.